The van der Waals surface area contributed by atoms with E-state index in [1.165, 1.54) is 5.56 Å². The Hall–Kier alpha value is -1.55. The van der Waals surface area contributed by atoms with Gasteiger partial charge in [0.1, 0.15) is 0 Å². The Morgan fingerprint density at radius 1 is 1.50 bits per heavy atom. The third-order valence-corrected chi connectivity index (χ3v) is 2.89. The van der Waals surface area contributed by atoms with Gasteiger partial charge < -0.3 is 5.32 Å². The Morgan fingerprint density at radius 3 is 3.11 bits per heavy atom. The maximum atomic E-state index is 11.9. The topological polar surface area (TPSA) is 50.4 Å². The Morgan fingerprint density at radius 2 is 2.33 bits per heavy atom. The van der Waals surface area contributed by atoms with Crippen molar-refractivity contribution in [2.24, 2.45) is 5.92 Å². The van der Waals surface area contributed by atoms with Gasteiger partial charge in [0.15, 0.2) is 0 Å². The number of hydroxylamine groups is 1. The zero-order chi connectivity index (χ0) is 13.0. The molecule has 0 fully saturated rings. The van der Waals surface area contributed by atoms with Crippen molar-refractivity contribution in [2.45, 2.75) is 26.7 Å². The van der Waals surface area contributed by atoms with Crippen molar-refractivity contribution < 1.29 is 9.63 Å². The SMILES string of the molecule is CC(C)CONC(=O)c1ccc2c(c1)CCCN2. The number of aryl methyl sites for hydroxylation is 1. The molecule has 1 heterocycles. The van der Waals surface area contributed by atoms with E-state index >= 15 is 0 Å². The summed E-state index contributed by atoms with van der Waals surface area (Å²) in [6.07, 6.45) is 2.14. The highest BCUT2D eigenvalue weighted by Crippen LogP contribution is 2.22. The molecule has 18 heavy (non-hydrogen) atoms. The molecule has 1 aliphatic heterocycles. The van der Waals surface area contributed by atoms with Crippen LogP contribution in [0.5, 0.6) is 0 Å². The zero-order valence-corrected chi connectivity index (χ0v) is 11.0. The van der Waals surface area contributed by atoms with Crippen LogP contribution in [-0.4, -0.2) is 19.1 Å². The van der Waals surface area contributed by atoms with Crippen LogP contribution in [0.25, 0.3) is 0 Å². The van der Waals surface area contributed by atoms with E-state index < -0.39 is 0 Å². The average molecular weight is 248 g/mol. The van der Waals surface area contributed by atoms with Crippen LogP contribution in [0.3, 0.4) is 0 Å². The van der Waals surface area contributed by atoms with Crippen molar-refractivity contribution in [3.05, 3.63) is 29.3 Å². The van der Waals surface area contributed by atoms with E-state index in [9.17, 15) is 4.79 Å². The summed E-state index contributed by atoms with van der Waals surface area (Å²) in [6, 6.07) is 5.73. The fraction of sp³-hybridized carbons (Fsp3) is 0.500. The van der Waals surface area contributed by atoms with E-state index in [1.54, 1.807) is 0 Å². The van der Waals surface area contributed by atoms with Crippen molar-refractivity contribution in [3.63, 3.8) is 0 Å². The fourth-order valence-electron chi connectivity index (χ4n) is 1.95. The molecule has 1 aromatic carbocycles. The Bertz CT molecular complexity index is 430. The molecule has 1 aromatic rings. The number of fused-ring (bicyclic) bond motifs is 1. The van der Waals surface area contributed by atoms with Gasteiger partial charge in [0.25, 0.3) is 5.91 Å². The van der Waals surface area contributed by atoms with Crippen LogP contribution in [-0.2, 0) is 11.3 Å². The van der Waals surface area contributed by atoms with E-state index in [2.05, 4.69) is 10.8 Å². The molecule has 0 aliphatic carbocycles. The largest absolute Gasteiger partial charge is 0.385 e. The third kappa shape index (κ3) is 3.23. The standard InChI is InChI=1S/C14H20N2O2/c1-10(2)9-18-16-14(17)12-5-6-13-11(8-12)4-3-7-15-13/h5-6,8,10,15H,3-4,7,9H2,1-2H3,(H,16,17). The molecule has 1 aliphatic rings. The third-order valence-electron chi connectivity index (χ3n) is 2.89. The summed E-state index contributed by atoms with van der Waals surface area (Å²) in [7, 11) is 0. The maximum absolute atomic E-state index is 11.9. The molecule has 0 saturated heterocycles. The van der Waals surface area contributed by atoms with Gasteiger partial charge in [0.05, 0.1) is 6.61 Å². The fourth-order valence-corrected chi connectivity index (χ4v) is 1.95. The van der Waals surface area contributed by atoms with Crippen LogP contribution in [0.15, 0.2) is 18.2 Å². The number of hydrogen-bond acceptors (Lipinski definition) is 3. The summed E-state index contributed by atoms with van der Waals surface area (Å²) in [5.41, 5.74) is 5.48. The van der Waals surface area contributed by atoms with E-state index in [0.717, 1.165) is 25.1 Å². The summed E-state index contributed by atoms with van der Waals surface area (Å²) >= 11 is 0. The highest BCUT2D eigenvalue weighted by molar-refractivity contribution is 5.94. The monoisotopic (exact) mass is 248 g/mol. The van der Waals surface area contributed by atoms with Gasteiger partial charge in [0, 0.05) is 17.8 Å². The highest BCUT2D eigenvalue weighted by atomic mass is 16.6. The summed E-state index contributed by atoms with van der Waals surface area (Å²) < 4.78 is 0. The molecule has 98 valence electrons. The molecule has 0 bridgehead atoms. The number of rotatable bonds is 4. The summed E-state index contributed by atoms with van der Waals surface area (Å²) in [5, 5.41) is 3.32. The van der Waals surface area contributed by atoms with Gasteiger partial charge in [-0.05, 0) is 42.5 Å². The Kier molecular flexibility index (Phi) is 4.20. The number of carbonyl (C=O) groups is 1. The number of nitrogens with one attached hydrogen (secondary N) is 2. The van der Waals surface area contributed by atoms with Crippen molar-refractivity contribution >= 4 is 11.6 Å². The number of carbonyl (C=O) groups excluding carboxylic acids is 1. The molecule has 0 radical (unpaired) electrons. The van der Waals surface area contributed by atoms with Crippen LogP contribution in [0.1, 0.15) is 36.2 Å². The lowest BCUT2D eigenvalue weighted by Gasteiger charge is -2.18. The molecule has 4 nitrogen and oxygen atoms in total. The molecule has 0 atom stereocenters. The second-order valence-corrected chi connectivity index (χ2v) is 5.04. The van der Waals surface area contributed by atoms with E-state index in [0.29, 0.717) is 18.1 Å². The van der Waals surface area contributed by atoms with Crippen molar-refractivity contribution in [3.8, 4) is 0 Å². The lowest BCUT2D eigenvalue weighted by atomic mass is 10.0. The number of anilines is 1. The lowest BCUT2D eigenvalue weighted by Crippen LogP contribution is -2.26. The molecular formula is C14H20N2O2. The molecule has 2 rings (SSSR count). The van der Waals surface area contributed by atoms with Gasteiger partial charge in [-0.25, -0.2) is 5.48 Å². The molecule has 0 unspecified atom stereocenters. The van der Waals surface area contributed by atoms with Crippen LogP contribution in [0.4, 0.5) is 5.69 Å². The first-order valence-electron chi connectivity index (χ1n) is 6.46. The minimum atomic E-state index is -0.177. The van der Waals surface area contributed by atoms with Gasteiger partial charge in [-0.15, -0.1) is 0 Å². The molecule has 4 heteroatoms. The first-order valence-corrected chi connectivity index (χ1v) is 6.46. The lowest BCUT2D eigenvalue weighted by molar-refractivity contribution is 0.0208. The van der Waals surface area contributed by atoms with Gasteiger partial charge >= 0.3 is 0 Å². The van der Waals surface area contributed by atoms with Gasteiger partial charge in [-0.1, -0.05) is 13.8 Å². The van der Waals surface area contributed by atoms with Gasteiger partial charge in [-0.2, -0.15) is 0 Å². The van der Waals surface area contributed by atoms with E-state index in [4.69, 9.17) is 4.84 Å². The van der Waals surface area contributed by atoms with E-state index in [1.807, 2.05) is 32.0 Å². The average Bonchev–Trinajstić information content (AvgIpc) is 2.37. The van der Waals surface area contributed by atoms with Crippen LogP contribution in [0, 0.1) is 5.92 Å². The number of benzene rings is 1. The van der Waals surface area contributed by atoms with E-state index in [-0.39, 0.29) is 5.91 Å². The minimum Gasteiger partial charge on any atom is -0.385 e. The Labute approximate surface area is 108 Å². The molecule has 1 amide bonds. The first kappa shape index (κ1) is 12.9. The quantitative estimate of drug-likeness (QED) is 0.804. The molecule has 2 N–H and O–H groups in total. The second-order valence-electron chi connectivity index (χ2n) is 5.04. The van der Waals surface area contributed by atoms with Crippen molar-refractivity contribution in [2.75, 3.05) is 18.5 Å². The number of amides is 1. The first-order chi connectivity index (χ1) is 8.66. The molecule has 0 spiro atoms. The summed E-state index contributed by atoms with van der Waals surface area (Å²) in [5.74, 6) is 0.224. The maximum Gasteiger partial charge on any atom is 0.274 e. The summed E-state index contributed by atoms with van der Waals surface area (Å²) in [4.78, 5) is 17.0. The smallest absolute Gasteiger partial charge is 0.274 e. The van der Waals surface area contributed by atoms with Crippen LogP contribution >= 0.6 is 0 Å². The molecule has 0 aromatic heterocycles. The zero-order valence-electron chi connectivity index (χ0n) is 11.0. The highest BCUT2D eigenvalue weighted by Gasteiger charge is 2.12. The normalized spacial score (nSPS) is 13.9. The molecular weight excluding hydrogens is 228 g/mol. The van der Waals surface area contributed by atoms with Gasteiger partial charge in [-0.3, -0.25) is 9.63 Å². The predicted molar refractivity (Wildman–Crippen MR) is 71.5 cm³/mol. The number of hydrogen-bond donors (Lipinski definition) is 2. The van der Waals surface area contributed by atoms with Crippen LogP contribution in [0.2, 0.25) is 0 Å². The minimum absolute atomic E-state index is 0.177. The molecule has 0 saturated carbocycles. The van der Waals surface area contributed by atoms with Gasteiger partial charge in [0.2, 0.25) is 0 Å². The second kappa shape index (κ2) is 5.87. The van der Waals surface area contributed by atoms with Crippen molar-refractivity contribution in [1.82, 2.24) is 5.48 Å². The van der Waals surface area contributed by atoms with Crippen molar-refractivity contribution in [1.29, 1.82) is 0 Å². The summed E-state index contributed by atoms with van der Waals surface area (Å²) in [6.45, 7) is 5.61. The van der Waals surface area contributed by atoms with Crippen LogP contribution < -0.4 is 10.8 Å². The predicted octanol–water partition coefficient (Wildman–Crippen LogP) is 2.36. The Balaban J connectivity index is 1.98.